The number of allylic oxidation sites excluding steroid dienone is 25. The first-order valence-electron chi connectivity index (χ1n) is 27.0. The smallest absolute Gasteiger partial charge is 0.310 e. The van der Waals surface area contributed by atoms with E-state index in [4.69, 9.17) is 14.2 Å². The summed E-state index contributed by atoms with van der Waals surface area (Å²) >= 11 is 0. The lowest BCUT2D eigenvalue weighted by atomic mass is 10.1. The lowest BCUT2D eigenvalue weighted by Gasteiger charge is -2.18. The predicted molar refractivity (Wildman–Crippen MR) is 297 cm³/mol. The van der Waals surface area contributed by atoms with Crippen molar-refractivity contribution < 1.29 is 23.8 Å². The number of hydrogen-bond donors (Lipinski definition) is 0. The third-order valence-corrected chi connectivity index (χ3v) is 10.6. The Morgan fingerprint density at radius 3 is 1.13 bits per heavy atom. The molecule has 0 fully saturated rings. The molecule has 0 saturated carbocycles. The van der Waals surface area contributed by atoms with Crippen LogP contribution in [0.15, 0.2) is 158 Å². The van der Waals surface area contributed by atoms with Gasteiger partial charge in [-0.1, -0.05) is 224 Å². The van der Waals surface area contributed by atoms with Crippen LogP contribution in [0.5, 0.6) is 0 Å². The van der Waals surface area contributed by atoms with Gasteiger partial charge in [-0.2, -0.15) is 0 Å². The summed E-state index contributed by atoms with van der Waals surface area (Å²) in [6.07, 6.45) is 84.3. The van der Waals surface area contributed by atoms with Crippen LogP contribution in [0.4, 0.5) is 0 Å². The molecule has 0 aromatic heterocycles. The highest BCUT2D eigenvalue weighted by atomic mass is 16.6. The van der Waals surface area contributed by atoms with Crippen LogP contribution in [0.25, 0.3) is 0 Å². The van der Waals surface area contributed by atoms with Crippen LogP contribution < -0.4 is 0 Å². The summed E-state index contributed by atoms with van der Waals surface area (Å²) in [7, 11) is 0. The van der Waals surface area contributed by atoms with E-state index in [1.54, 1.807) is 0 Å². The van der Waals surface area contributed by atoms with Gasteiger partial charge in [0.25, 0.3) is 0 Å². The molecule has 0 aromatic carbocycles. The Labute approximate surface area is 418 Å². The maximum atomic E-state index is 12.8. The zero-order chi connectivity index (χ0) is 49.2. The molecule has 0 radical (unpaired) electrons. The Kier molecular flexibility index (Phi) is 53.1. The molecule has 0 amide bonds. The van der Waals surface area contributed by atoms with Crippen molar-refractivity contribution in [2.75, 3.05) is 19.8 Å². The minimum atomic E-state index is -0.637. The number of carbonyl (C=O) groups is 2. The molecule has 1 atom stereocenters. The maximum Gasteiger partial charge on any atom is 0.310 e. The van der Waals surface area contributed by atoms with E-state index in [1.165, 1.54) is 51.4 Å². The zero-order valence-electron chi connectivity index (χ0n) is 43.6. The minimum Gasteiger partial charge on any atom is -0.462 e. The first-order valence-corrected chi connectivity index (χ1v) is 27.0. The molecular formula is C63H98O5. The van der Waals surface area contributed by atoms with Crippen molar-refractivity contribution >= 4 is 11.9 Å². The normalized spacial score (nSPS) is 13.5. The largest absolute Gasteiger partial charge is 0.462 e. The number of unbranched alkanes of at least 4 members (excludes halogenated alkanes) is 11. The number of carbonyl (C=O) groups excluding carboxylic acids is 2. The topological polar surface area (TPSA) is 61.8 Å². The van der Waals surface area contributed by atoms with Crippen molar-refractivity contribution in [3.63, 3.8) is 0 Å². The van der Waals surface area contributed by atoms with E-state index in [0.29, 0.717) is 13.0 Å². The first kappa shape index (κ1) is 63.5. The van der Waals surface area contributed by atoms with Gasteiger partial charge in [0.05, 0.1) is 13.0 Å². The molecule has 0 bridgehead atoms. The third kappa shape index (κ3) is 54.1. The van der Waals surface area contributed by atoms with Crippen LogP contribution in [0.2, 0.25) is 0 Å². The van der Waals surface area contributed by atoms with E-state index in [1.807, 2.05) is 12.2 Å². The van der Waals surface area contributed by atoms with Crippen LogP contribution in [0.1, 0.15) is 201 Å². The summed E-state index contributed by atoms with van der Waals surface area (Å²) in [5, 5.41) is 0. The highest BCUT2D eigenvalue weighted by Gasteiger charge is 2.17. The summed E-state index contributed by atoms with van der Waals surface area (Å²) in [6, 6.07) is 0. The fraction of sp³-hybridized carbons (Fsp3) is 0.556. The van der Waals surface area contributed by atoms with E-state index in [2.05, 4.69) is 167 Å². The molecule has 0 aliphatic rings. The van der Waals surface area contributed by atoms with E-state index >= 15 is 0 Å². The summed E-state index contributed by atoms with van der Waals surface area (Å²) in [5.41, 5.74) is 0. The van der Waals surface area contributed by atoms with Gasteiger partial charge in [0, 0.05) is 13.0 Å². The van der Waals surface area contributed by atoms with Gasteiger partial charge in [-0.15, -0.1) is 0 Å². The third-order valence-electron chi connectivity index (χ3n) is 10.6. The summed E-state index contributed by atoms with van der Waals surface area (Å²) in [6.45, 7) is 7.29. The Morgan fingerprint density at radius 1 is 0.353 bits per heavy atom. The van der Waals surface area contributed by atoms with E-state index in [9.17, 15) is 9.59 Å². The van der Waals surface area contributed by atoms with Crippen LogP contribution in [-0.2, 0) is 23.8 Å². The zero-order valence-corrected chi connectivity index (χ0v) is 43.6. The number of esters is 2. The second-order valence-corrected chi connectivity index (χ2v) is 17.0. The summed E-state index contributed by atoms with van der Waals surface area (Å²) in [5.74, 6) is -0.598. The molecule has 0 saturated heterocycles. The molecule has 380 valence electrons. The van der Waals surface area contributed by atoms with Gasteiger partial charge in [-0.25, -0.2) is 0 Å². The van der Waals surface area contributed by atoms with E-state index < -0.39 is 6.10 Å². The first-order chi connectivity index (χ1) is 33.6. The van der Waals surface area contributed by atoms with Crippen molar-refractivity contribution in [2.45, 2.75) is 207 Å². The van der Waals surface area contributed by atoms with Crippen molar-refractivity contribution in [3.8, 4) is 0 Å². The Hall–Kier alpha value is -4.48. The quantitative estimate of drug-likeness (QED) is 0.0346. The Bertz CT molecular complexity index is 1520. The fourth-order valence-electron chi connectivity index (χ4n) is 6.63. The Balaban J connectivity index is 4.54. The van der Waals surface area contributed by atoms with Gasteiger partial charge < -0.3 is 14.2 Å². The van der Waals surface area contributed by atoms with Crippen molar-refractivity contribution in [2.24, 2.45) is 0 Å². The molecule has 5 nitrogen and oxygen atoms in total. The standard InChI is InChI=1S/C63H98O5/c1-4-7-10-13-16-19-22-25-28-30-31-32-34-37-40-43-46-49-52-55-58-66-59-61(68-63(65)57-54-51-48-45-42-39-35-27-24-21-18-15-12-9-6-3)60-67-62(64)56-53-50-47-44-41-38-36-33-29-26-23-20-17-14-11-8-5-2/h7,9-10,12,16-21,25-29,31-32,35,37,40,42,45-46,49,51,54,61H,4-6,8,11,13-15,22-24,30,33-34,36,38-39,41,43-44,47-48,50,52-53,55-60H2,1-3H3/b10-7-,12-9-,19-16-,20-17-,21-18-,28-25-,29-26-,32-31-,35-27-,40-37-,45-42-,49-46-,54-51-. The van der Waals surface area contributed by atoms with Crippen molar-refractivity contribution in [1.82, 2.24) is 0 Å². The molecule has 0 heterocycles. The lowest BCUT2D eigenvalue weighted by molar-refractivity contribution is -0.162. The van der Waals surface area contributed by atoms with Crippen LogP contribution in [-0.4, -0.2) is 37.9 Å². The molecule has 5 heteroatoms. The summed E-state index contributed by atoms with van der Waals surface area (Å²) in [4.78, 5) is 25.4. The average molecular weight is 935 g/mol. The van der Waals surface area contributed by atoms with Crippen LogP contribution >= 0.6 is 0 Å². The van der Waals surface area contributed by atoms with Gasteiger partial charge in [0.2, 0.25) is 0 Å². The molecule has 0 rings (SSSR count). The number of ether oxygens (including phenoxy) is 3. The van der Waals surface area contributed by atoms with Gasteiger partial charge >= 0.3 is 11.9 Å². The molecule has 68 heavy (non-hydrogen) atoms. The molecule has 0 aromatic rings. The molecule has 0 aliphatic heterocycles. The second kappa shape index (κ2) is 56.8. The lowest BCUT2D eigenvalue weighted by Crippen LogP contribution is -2.29. The molecule has 1 unspecified atom stereocenters. The predicted octanol–water partition coefficient (Wildman–Crippen LogP) is 18.7. The van der Waals surface area contributed by atoms with Gasteiger partial charge in [-0.05, 0) is 122 Å². The van der Waals surface area contributed by atoms with E-state index in [0.717, 1.165) is 116 Å². The number of hydrogen-bond acceptors (Lipinski definition) is 5. The molecule has 0 N–H and O–H groups in total. The highest BCUT2D eigenvalue weighted by molar-refractivity contribution is 5.71. The SMILES string of the molecule is CC/C=C\C/C=C\C/C=C\C/C=C\C/C=C\C/C=C\CCCOCC(COC(=O)CCCCCCCCC/C=C\C/C=C\CCCCC)OC(=O)C/C=C\C/C=C\C/C=C\C/C=C\C/C=C\CC. The monoisotopic (exact) mass is 935 g/mol. The molecule has 0 aliphatic carbocycles. The maximum absolute atomic E-state index is 12.8. The average Bonchev–Trinajstić information content (AvgIpc) is 3.34. The molecule has 0 spiro atoms. The van der Waals surface area contributed by atoms with Crippen LogP contribution in [0.3, 0.4) is 0 Å². The van der Waals surface area contributed by atoms with Crippen molar-refractivity contribution in [1.29, 1.82) is 0 Å². The minimum absolute atomic E-state index is 0.00703. The number of rotatable bonds is 47. The van der Waals surface area contributed by atoms with Crippen LogP contribution in [0, 0.1) is 0 Å². The second-order valence-electron chi connectivity index (χ2n) is 17.0. The Morgan fingerprint density at radius 2 is 0.706 bits per heavy atom. The highest BCUT2D eigenvalue weighted by Crippen LogP contribution is 2.12. The van der Waals surface area contributed by atoms with Gasteiger partial charge in [0.15, 0.2) is 6.10 Å². The van der Waals surface area contributed by atoms with E-state index in [-0.39, 0.29) is 31.6 Å². The summed E-state index contributed by atoms with van der Waals surface area (Å²) < 4.78 is 17.2. The molecular weight excluding hydrogens is 837 g/mol. The van der Waals surface area contributed by atoms with Gasteiger partial charge in [-0.3, -0.25) is 9.59 Å². The fourth-order valence-corrected chi connectivity index (χ4v) is 6.63. The van der Waals surface area contributed by atoms with Crippen molar-refractivity contribution in [3.05, 3.63) is 158 Å². The van der Waals surface area contributed by atoms with Gasteiger partial charge in [0.1, 0.15) is 6.61 Å².